The number of hydrogen-bond acceptors (Lipinski definition) is 4. The Morgan fingerprint density at radius 1 is 1.67 bits per heavy atom. The standard InChI is InChI=1S/C13H21N3OS/c1-2-12-16-11(9-18-12)5-7-15-13(17)10-4-3-6-14-8-10/h9-10,14H,2-8H2,1H3,(H,15,17). The molecule has 1 fully saturated rings. The Kier molecular flexibility index (Phi) is 5.13. The summed E-state index contributed by atoms with van der Waals surface area (Å²) in [6, 6.07) is 0. The van der Waals surface area contributed by atoms with Gasteiger partial charge in [0.15, 0.2) is 0 Å². The van der Waals surface area contributed by atoms with Gasteiger partial charge in [-0.05, 0) is 25.8 Å². The first-order chi connectivity index (χ1) is 8.79. The highest BCUT2D eigenvalue weighted by Crippen LogP contribution is 2.11. The van der Waals surface area contributed by atoms with E-state index in [1.54, 1.807) is 11.3 Å². The number of rotatable bonds is 5. The van der Waals surface area contributed by atoms with Crippen molar-refractivity contribution in [2.45, 2.75) is 32.6 Å². The molecule has 1 aromatic heterocycles. The summed E-state index contributed by atoms with van der Waals surface area (Å²) in [6.45, 7) is 4.67. The zero-order valence-electron chi connectivity index (χ0n) is 10.9. The average molecular weight is 267 g/mol. The Labute approximate surface area is 112 Å². The number of aromatic nitrogens is 1. The molecular weight excluding hydrogens is 246 g/mol. The zero-order chi connectivity index (χ0) is 12.8. The third kappa shape index (κ3) is 3.78. The largest absolute Gasteiger partial charge is 0.355 e. The molecule has 0 saturated carbocycles. The molecule has 2 heterocycles. The summed E-state index contributed by atoms with van der Waals surface area (Å²) in [5, 5.41) is 9.54. The Balaban J connectivity index is 1.69. The zero-order valence-corrected chi connectivity index (χ0v) is 11.7. The fourth-order valence-electron chi connectivity index (χ4n) is 2.16. The van der Waals surface area contributed by atoms with Gasteiger partial charge in [0, 0.05) is 24.9 Å². The summed E-state index contributed by atoms with van der Waals surface area (Å²) in [5.74, 6) is 0.341. The maximum absolute atomic E-state index is 11.9. The van der Waals surface area contributed by atoms with Crippen molar-refractivity contribution in [1.82, 2.24) is 15.6 Å². The van der Waals surface area contributed by atoms with Crippen molar-refractivity contribution in [3.05, 3.63) is 16.1 Å². The van der Waals surface area contributed by atoms with Gasteiger partial charge in [0.25, 0.3) is 0 Å². The third-order valence-electron chi connectivity index (χ3n) is 3.25. The molecule has 0 bridgehead atoms. The van der Waals surface area contributed by atoms with E-state index >= 15 is 0 Å². The van der Waals surface area contributed by atoms with E-state index < -0.39 is 0 Å². The molecule has 0 aromatic carbocycles. The van der Waals surface area contributed by atoms with Crippen molar-refractivity contribution in [3.63, 3.8) is 0 Å². The highest BCUT2D eigenvalue weighted by Gasteiger charge is 2.20. The number of carbonyl (C=O) groups is 1. The van der Waals surface area contributed by atoms with Crippen molar-refractivity contribution >= 4 is 17.2 Å². The number of hydrogen-bond donors (Lipinski definition) is 2. The lowest BCUT2D eigenvalue weighted by Gasteiger charge is -2.21. The number of aryl methyl sites for hydroxylation is 1. The van der Waals surface area contributed by atoms with Gasteiger partial charge in [0.2, 0.25) is 5.91 Å². The van der Waals surface area contributed by atoms with Crippen molar-refractivity contribution in [3.8, 4) is 0 Å². The maximum Gasteiger partial charge on any atom is 0.224 e. The van der Waals surface area contributed by atoms with E-state index in [0.29, 0.717) is 6.54 Å². The lowest BCUT2D eigenvalue weighted by atomic mass is 9.99. The fourth-order valence-corrected chi connectivity index (χ4v) is 2.94. The van der Waals surface area contributed by atoms with Crippen molar-refractivity contribution in [2.24, 2.45) is 5.92 Å². The van der Waals surface area contributed by atoms with E-state index in [1.165, 1.54) is 5.01 Å². The summed E-state index contributed by atoms with van der Waals surface area (Å²) < 4.78 is 0. The molecule has 2 N–H and O–H groups in total. The Morgan fingerprint density at radius 2 is 2.56 bits per heavy atom. The van der Waals surface area contributed by atoms with Crippen LogP contribution in [0, 0.1) is 5.92 Å². The van der Waals surface area contributed by atoms with E-state index in [0.717, 1.165) is 44.5 Å². The van der Waals surface area contributed by atoms with E-state index in [4.69, 9.17) is 0 Å². The summed E-state index contributed by atoms with van der Waals surface area (Å²) in [5.41, 5.74) is 1.10. The van der Waals surface area contributed by atoms with Gasteiger partial charge in [-0.1, -0.05) is 6.92 Å². The molecule has 5 heteroatoms. The van der Waals surface area contributed by atoms with Crippen LogP contribution in [0.15, 0.2) is 5.38 Å². The monoisotopic (exact) mass is 267 g/mol. The number of thiazole rings is 1. The maximum atomic E-state index is 11.9. The average Bonchev–Trinajstić information content (AvgIpc) is 2.87. The molecule has 1 aromatic rings. The molecule has 0 spiro atoms. The van der Waals surface area contributed by atoms with Crippen LogP contribution in [0.3, 0.4) is 0 Å². The molecule has 1 atom stereocenters. The van der Waals surface area contributed by atoms with Crippen LogP contribution in [0.2, 0.25) is 0 Å². The van der Waals surface area contributed by atoms with Crippen LogP contribution in [0.25, 0.3) is 0 Å². The van der Waals surface area contributed by atoms with Crippen LogP contribution in [0.5, 0.6) is 0 Å². The normalized spacial score (nSPS) is 19.7. The number of piperidine rings is 1. The SMILES string of the molecule is CCc1nc(CCNC(=O)C2CCCNC2)cs1. The van der Waals surface area contributed by atoms with Crippen molar-refractivity contribution in [2.75, 3.05) is 19.6 Å². The van der Waals surface area contributed by atoms with Gasteiger partial charge in [-0.15, -0.1) is 11.3 Å². The quantitative estimate of drug-likeness (QED) is 0.847. The minimum atomic E-state index is 0.153. The van der Waals surface area contributed by atoms with Gasteiger partial charge in [0.1, 0.15) is 0 Å². The first kappa shape index (κ1) is 13.5. The number of nitrogens with zero attached hydrogens (tertiary/aromatic N) is 1. The molecule has 2 rings (SSSR count). The summed E-state index contributed by atoms with van der Waals surface area (Å²) in [4.78, 5) is 16.4. The summed E-state index contributed by atoms with van der Waals surface area (Å²) >= 11 is 1.70. The van der Waals surface area contributed by atoms with Crippen LogP contribution < -0.4 is 10.6 Å². The van der Waals surface area contributed by atoms with Crippen LogP contribution >= 0.6 is 11.3 Å². The predicted octanol–water partition coefficient (Wildman–Crippen LogP) is 1.36. The summed E-state index contributed by atoms with van der Waals surface area (Å²) in [6.07, 6.45) is 3.94. The minimum Gasteiger partial charge on any atom is -0.355 e. The molecule has 1 aliphatic heterocycles. The van der Waals surface area contributed by atoms with Gasteiger partial charge < -0.3 is 10.6 Å². The Hall–Kier alpha value is -0.940. The van der Waals surface area contributed by atoms with Crippen molar-refractivity contribution in [1.29, 1.82) is 0 Å². The lowest BCUT2D eigenvalue weighted by Crippen LogP contribution is -2.41. The number of nitrogens with one attached hydrogen (secondary N) is 2. The first-order valence-corrected chi connectivity index (χ1v) is 7.59. The van der Waals surface area contributed by atoms with Gasteiger partial charge in [-0.2, -0.15) is 0 Å². The Morgan fingerprint density at radius 3 is 3.22 bits per heavy atom. The second kappa shape index (κ2) is 6.85. The lowest BCUT2D eigenvalue weighted by molar-refractivity contribution is -0.125. The number of amides is 1. The molecule has 0 aliphatic carbocycles. The molecule has 0 radical (unpaired) electrons. The molecule has 1 amide bonds. The molecule has 100 valence electrons. The predicted molar refractivity (Wildman–Crippen MR) is 73.8 cm³/mol. The fraction of sp³-hybridized carbons (Fsp3) is 0.692. The highest BCUT2D eigenvalue weighted by molar-refractivity contribution is 7.09. The van der Waals surface area contributed by atoms with E-state index in [1.807, 2.05) is 0 Å². The van der Waals surface area contributed by atoms with Crippen LogP contribution in [-0.2, 0) is 17.6 Å². The van der Waals surface area contributed by atoms with Crippen LogP contribution in [0.4, 0.5) is 0 Å². The molecule has 18 heavy (non-hydrogen) atoms. The van der Waals surface area contributed by atoms with E-state index in [2.05, 4.69) is 27.9 Å². The molecule has 4 nitrogen and oxygen atoms in total. The highest BCUT2D eigenvalue weighted by atomic mass is 32.1. The molecule has 1 saturated heterocycles. The second-order valence-electron chi connectivity index (χ2n) is 4.67. The van der Waals surface area contributed by atoms with E-state index in [9.17, 15) is 4.79 Å². The third-order valence-corrected chi connectivity index (χ3v) is 4.29. The minimum absolute atomic E-state index is 0.153. The van der Waals surface area contributed by atoms with Crippen molar-refractivity contribution < 1.29 is 4.79 Å². The van der Waals surface area contributed by atoms with Crippen LogP contribution in [-0.4, -0.2) is 30.5 Å². The smallest absolute Gasteiger partial charge is 0.224 e. The topological polar surface area (TPSA) is 54.0 Å². The van der Waals surface area contributed by atoms with Gasteiger partial charge >= 0.3 is 0 Å². The first-order valence-electron chi connectivity index (χ1n) is 6.71. The van der Waals surface area contributed by atoms with Gasteiger partial charge in [-0.3, -0.25) is 4.79 Å². The van der Waals surface area contributed by atoms with Gasteiger partial charge in [-0.25, -0.2) is 4.98 Å². The van der Waals surface area contributed by atoms with Gasteiger partial charge in [0.05, 0.1) is 16.6 Å². The molecular formula is C13H21N3OS. The second-order valence-corrected chi connectivity index (χ2v) is 5.61. The number of carbonyl (C=O) groups excluding carboxylic acids is 1. The molecule has 1 unspecified atom stereocenters. The van der Waals surface area contributed by atoms with E-state index in [-0.39, 0.29) is 11.8 Å². The summed E-state index contributed by atoms with van der Waals surface area (Å²) in [7, 11) is 0. The van der Waals surface area contributed by atoms with Crippen LogP contribution in [0.1, 0.15) is 30.5 Å². The Bertz CT molecular complexity index is 385. The molecule has 1 aliphatic rings.